The molecule has 0 aromatic carbocycles. The molecule has 0 amide bonds. The van der Waals surface area contributed by atoms with Gasteiger partial charge in [-0.3, -0.25) is 15.5 Å². The van der Waals surface area contributed by atoms with Crippen LogP contribution < -0.4 is 11.3 Å². The number of pyridine rings is 1. The maximum atomic E-state index is 5.73. The molecule has 0 saturated heterocycles. The van der Waals surface area contributed by atoms with Crippen molar-refractivity contribution in [3.63, 3.8) is 0 Å². The van der Waals surface area contributed by atoms with Crippen LogP contribution in [0.5, 0.6) is 0 Å². The van der Waals surface area contributed by atoms with Crippen LogP contribution in [0.2, 0.25) is 0 Å². The third kappa shape index (κ3) is 3.26. The van der Waals surface area contributed by atoms with E-state index in [1.165, 1.54) is 0 Å². The number of nitrogens with one attached hydrogen (secondary N) is 1. The van der Waals surface area contributed by atoms with Gasteiger partial charge in [-0.2, -0.15) is 5.10 Å². The molecular weight excluding hydrogens is 390 g/mol. The Morgan fingerprint density at radius 2 is 2.25 bits per heavy atom. The largest absolute Gasteiger partial charge is 0.383 e. The number of methoxy groups -OCH3 is 1. The van der Waals surface area contributed by atoms with Crippen LogP contribution in [-0.4, -0.2) is 28.5 Å². The highest BCUT2D eigenvalue weighted by Gasteiger charge is 2.23. The van der Waals surface area contributed by atoms with Gasteiger partial charge in [0.25, 0.3) is 0 Å². The van der Waals surface area contributed by atoms with Crippen molar-refractivity contribution in [2.45, 2.75) is 12.6 Å². The number of aromatic nitrogens is 3. The van der Waals surface area contributed by atoms with E-state index in [0.29, 0.717) is 13.2 Å². The molecule has 6 nitrogen and oxygen atoms in total. The molecule has 3 N–H and O–H groups in total. The Labute approximate surface area is 133 Å². The van der Waals surface area contributed by atoms with E-state index in [9.17, 15) is 0 Å². The predicted octanol–water partition coefficient (Wildman–Crippen LogP) is 2.00. The predicted molar refractivity (Wildman–Crippen MR) is 82.9 cm³/mol. The number of nitrogens with zero attached hydrogens (tertiary/aromatic N) is 3. The Bertz CT molecular complexity index is 575. The lowest BCUT2D eigenvalue weighted by Crippen LogP contribution is -2.32. The minimum absolute atomic E-state index is 0.278. The number of hydrogen-bond donors (Lipinski definition) is 2. The summed E-state index contributed by atoms with van der Waals surface area (Å²) in [5.74, 6) is 5.73. The third-order valence-corrected chi connectivity index (χ3v) is 4.12. The van der Waals surface area contributed by atoms with E-state index in [1.807, 2.05) is 16.8 Å². The number of halogens is 2. The summed E-state index contributed by atoms with van der Waals surface area (Å²) in [7, 11) is 1.66. The van der Waals surface area contributed by atoms with Crippen molar-refractivity contribution >= 4 is 31.9 Å². The minimum atomic E-state index is -0.278. The van der Waals surface area contributed by atoms with Crippen molar-refractivity contribution < 1.29 is 4.74 Å². The van der Waals surface area contributed by atoms with Gasteiger partial charge in [-0.1, -0.05) is 0 Å². The van der Waals surface area contributed by atoms with Crippen LogP contribution in [0.4, 0.5) is 0 Å². The molecule has 2 rings (SSSR count). The highest BCUT2D eigenvalue weighted by Crippen LogP contribution is 2.30. The number of hydrogen-bond acceptors (Lipinski definition) is 5. The average Bonchev–Trinajstić information content (AvgIpc) is 2.81. The molecule has 8 heteroatoms. The summed E-state index contributed by atoms with van der Waals surface area (Å²) in [6.07, 6.45) is 3.47. The van der Waals surface area contributed by atoms with Gasteiger partial charge in [0.05, 0.1) is 35.2 Å². The summed E-state index contributed by atoms with van der Waals surface area (Å²) >= 11 is 7.01. The van der Waals surface area contributed by atoms with E-state index in [2.05, 4.69) is 47.4 Å². The van der Waals surface area contributed by atoms with Gasteiger partial charge in [-0.15, -0.1) is 0 Å². The van der Waals surface area contributed by atoms with Gasteiger partial charge >= 0.3 is 0 Å². The SMILES string of the molecule is COCCn1ncc(Br)c1C(NN)c1ncccc1Br. The van der Waals surface area contributed by atoms with Crippen LogP contribution in [0, 0.1) is 0 Å². The van der Waals surface area contributed by atoms with E-state index in [4.69, 9.17) is 10.6 Å². The second-order valence-corrected chi connectivity index (χ2v) is 5.77. The van der Waals surface area contributed by atoms with E-state index in [1.54, 1.807) is 19.5 Å². The van der Waals surface area contributed by atoms with Gasteiger partial charge in [-0.05, 0) is 44.0 Å². The van der Waals surface area contributed by atoms with Gasteiger partial charge in [0.2, 0.25) is 0 Å². The maximum absolute atomic E-state index is 5.73. The molecule has 0 aliphatic carbocycles. The first kappa shape index (κ1) is 15.6. The lowest BCUT2D eigenvalue weighted by molar-refractivity contribution is 0.182. The molecule has 1 unspecified atom stereocenters. The topological polar surface area (TPSA) is 78.0 Å². The Morgan fingerprint density at radius 3 is 2.90 bits per heavy atom. The summed E-state index contributed by atoms with van der Waals surface area (Å²) in [4.78, 5) is 4.39. The molecular formula is C12H15Br2N5O. The Kier molecular flexibility index (Phi) is 5.67. The highest BCUT2D eigenvalue weighted by atomic mass is 79.9. The molecule has 108 valence electrons. The van der Waals surface area contributed by atoms with Crippen molar-refractivity contribution in [2.24, 2.45) is 5.84 Å². The normalized spacial score (nSPS) is 12.6. The zero-order valence-corrected chi connectivity index (χ0v) is 14.1. The summed E-state index contributed by atoms with van der Waals surface area (Å²) in [5, 5.41) is 4.33. The zero-order chi connectivity index (χ0) is 14.5. The fourth-order valence-corrected chi connectivity index (χ4v) is 2.92. The number of nitrogens with two attached hydrogens (primary N) is 1. The van der Waals surface area contributed by atoms with Gasteiger partial charge in [0.1, 0.15) is 6.04 Å². The Morgan fingerprint density at radius 1 is 1.45 bits per heavy atom. The summed E-state index contributed by atoms with van der Waals surface area (Å²) < 4.78 is 8.70. The standard InChI is InChI=1S/C12H15Br2N5O/c1-20-6-5-19-12(9(14)7-17-19)11(18-15)10-8(13)3-2-4-16-10/h2-4,7,11,18H,5-6,15H2,1H3. The fraction of sp³-hybridized carbons (Fsp3) is 0.333. The fourth-order valence-electron chi connectivity index (χ4n) is 1.91. The summed E-state index contributed by atoms with van der Waals surface area (Å²) in [6, 6.07) is 3.51. The van der Waals surface area contributed by atoms with Crippen LogP contribution in [0.15, 0.2) is 33.5 Å². The van der Waals surface area contributed by atoms with Crippen LogP contribution in [0.1, 0.15) is 17.4 Å². The molecule has 0 spiro atoms. The first-order valence-electron chi connectivity index (χ1n) is 5.95. The second-order valence-electron chi connectivity index (χ2n) is 4.06. The summed E-state index contributed by atoms with van der Waals surface area (Å²) in [6.45, 7) is 1.21. The van der Waals surface area contributed by atoms with Crippen LogP contribution in [-0.2, 0) is 11.3 Å². The molecule has 0 radical (unpaired) electrons. The van der Waals surface area contributed by atoms with Crippen molar-refractivity contribution in [3.8, 4) is 0 Å². The monoisotopic (exact) mass is 403 g/mol. The van der Waals surface area contributed by atoms with E-state index < -0.39 is 0 Å². The van der Waals surface area contributed by atoms with Crippen molar-refractivity contribution in [1.29, 1.82) is 0 Å². The Hall–Kier alpha value is -0.800. The highest BCUT2D eigenvalue weighted by molar-refractivity contribution is 9.10. The van der Waals surface area contributed by atoms with Crippen molar-refractivity contribution in [3.05, 3.63) is 44.9 Å². The molecule has 0 saturated carbocycles. The van der Waals surface area contributed by atoms with Gasteiger partial charge in [0.15, 0.2) is 0 Å². The van der Waals surface area contributed by atoms with Crippen molar-refractivity contribution in [1.82, 2.24) is 20.2 Å². The van der Waals surface area contributed by atoms with Gasteiger partial charge < -0.3 is 4.74 Å². The molecule has 1 atom stereocenters. The lowest BCUT2D eigenvalue weighted by atomic mass is 10.1. The third-order valence-electron chi connectivity index (χ3n) is 2.84. The van der Waals surface area contributed by atoms with E-state index in [-0.39, 0.29) is 6.04 Å². The molecule has 0 bridgehead atoms. The van der Waals surface area contributed by atoms with Gasteiger partial charge in [-0.25, -0.2) is 5.43 Å². The lowest BCUT2D eigenvalue weighted by Gasteiger charge is -2.19. The number of rotatable bonds is 6. The summed E-state index contributed by atoms with van der Waals surface area (Å²) in [5.41, 5.74) is 4.50. The molecule has 2 heterocycles. The number of hydrazine groups is 1. The minimum Gasteiger partial charge on any atom is -0.383 e. The van der Waals surface area contributed by atoms with E-state index in [0.717, 1.165) is 20.3 Å². The quantitative estimate of drug-likeness (QED) is 0.568. The molecule has 2 aromatic heterocycles. The molecule has 20 heavy (non-hydrogen) atoms. The smallest absolute Gasteiger partial charge is 0.107 e. The Balaban J connectivity index is 2.42. The zero-order valence-electron chi connectivity index (χ0n) is 10.9. The average molecular weight is 405 g/mol. The first-order valence-corrected chi connectivity index (χ1v) is 7.54. The first-order chi connectivity index (χ1) is 9.69. The van der Waals surface area contributed by atoms with Crippen LogP contribution in [0.25, 0.3) is 0 Å². The van der Waals surface area contributed by atoms with Crippen LogP contribution >= 0.6 is 31.9 Å². The maximum Gasteiger partial charge on any atom is 0.107 e. The van der Waals surface area contributed by atoms with Gasteiger partial charge in [0, 0.05) is 17.8 Å². The molecule has 2 aromatic rings. The number of ether oxygens (including phenoxy) is 1. The molecule has 0 aliphatic rings. The second kappa shape index (κ2) is 7.28. The van der Waals surface area contributed by atoms with Crippen molar-refractivity contribution in [2.75, 3.05) is 13.7 Å². The molecule has 0 aliphatic heterocycles. The van der Waals surface area contributed by atoms with E-state index >= 15 is 0 Å². The molecule has 0 fully saturated rings. The van der Waals surface area contributed by atoms with Crippen LogP contribution in [0.3, 0.4) is 0 Å².